The van der Waals surface area contributed by atoms with Crippen LogP contribution in [-0.2, 0) is 0 Å². The Hall–Kier alpha value is -0.730. The monoisotopic (exact) mass is 346 g/mol. The SMILES string of the molecule is CCC/C(C#N)=C(/N)c1cc(Cl)ccc1I. The number of allylic oxidation sites excluding steroid dienone is 1. The van der Waals surface area contributed by atoms with Crippen molar-refractivity contribution in [3.8, 4) is 6.07 Å². The molecule has 0 aromatic heterocycles. The maximum atomic E-state index is 9.03. The second-order valence-corrected chi connectivity index (χ2v) is 4.98. The van der Waals surface area contributed by atoms with Crippen LogP contribution in [0.5, 0.6) is 0 Å². The zero-order valence-corrected chi connectivity index (χ0v) is 11.8. The minimum absolute atomic E-state index is 0.538. The summed E-state index contributed by atoms with van der Waals surface area (Å²) in [6.07, 6.45) is 1.60. The third kappa shape index (κ3) is 3.13. The molecule has 0 amide bonds. The fourth-order valence-electron chi connectivity index (χ4n) is 1.37. The number of benzene rings is 1. The number of rotatable bonds is 3. The predicted octanol–water partition coefficient (Wildman–Crippen LogP) is 3.94. The first-order valence-electron chi connectivity index (χ1n) is 4.94. The molecule has 0 bridgehead atoms. The van der Waals surface area contributed by atoms with Crippen molar-refractivity contribution in [2.24, 2.45) is 5.73 Å². The number of nitrogens with two attached hydrogens (primary N) is 1. The Bertz CT molecular complexity index is 461. The van der Waals surface area contributed by atoms with Gasteiger partial charge in [0.2, 0.25) is 0 Å². The summed E-state index contributed by atoms with van der Waals surface area (Å²) in [5.41, 5.74) is 8.01. The molecule has 0 unspecified atom stereocenters. The van der Waals surface area contributed by atoms with E-state index in [9.17, 15) is 0 Å². The van der Waals surface area contributed by atoms with Crippen LogP contribution in [0.2, 0.25) is 5.02 Å². The topological polar surface area (TPSA) is 49.8 Å². The van der Waals surface area contributed by atoms with Crippen LogP contribution >= 0.6 is 34.2 Å². The molecular weight excluding hydrogens is 335 g/mol. The van der Waals surface area contributed by atoms with Crippen molar-refractivity contribution in [2.75, 3.05) is 0 Å². The van der Waals surface area contributed by atoms with Gasteiger partial charge in [0.1, 0.15) is 0 Å². The van der Waals surface area contributed by atoms with Gasteiger partial charge in [0.25, 0.3) is 0 Å². The van der Waals surface area contributed by atoms with Gasteiger partial charge < -0.3 is 5.73 Å². The summed E-state index contributed by atoms with van der Waals surface area (Å²) in [4.78, 5) is 0. The molecule has 0 aliphatic heterocycles. The lowest BCUT2D eigenvalue weighted by molar-refractivity contribution is 0.928. The molecule has 0 heterocycles. The van der Waals surface area contributed by atoms with Crippen molar-refractivity contribution < 1.29 is 0 Å². The lowest BCUT2D eigenvalue weighted by Gasteiger charge is -2.08. The molecule has 0 saturated heterocycles. The largest absolute Gasteiger partial charge is 0.397 e. The predicted molar refractivity (Wildman–Crippen MR) is 75.8 cm³/mol. The molecule has 1 rings (SSSR count). The molecule has 2 nitrogen and oxygen atoms in total. The molecule has 0 radical (unpaired) electrons. The molecule has 2 N–H and O–H groups in total. The van der Waals surface area contributed by atoms with Crippen LogP contribution in [0.1, 0.15) is 25.3 Å². The van der Waals surface area contributed by atoms with Gasteiger partial charge in [-0.2, -0.15) is 5.26 Å². The summed E-state index contributed by atoms with van der Waals surface area (Å²) in [6.45, 7) is 2.02. The summed E-state index contributed by atoms with van der Waals surface area (Å²) in [5, 5.41) is 9.66. The maximum Gasteiger partial charge on any atom is 0.0968 e. The highest BCUT2D eigenvalue weighted by molar-refractivity contribution is 14.1. The van der Waals surface area contributed by atoms with E-state index < -0.39 is 0 Å². The van der Waals surface area contributed by atoms with Crippen LogP contribution in [0.4, 0.5) is 0 Å². The van der Waals surface area contributed by atoms with Gasteiger partial charge in [0.15, 0.2) is 0 Å². The molecule has 84 valence electrons. The molecule has 16 heavy (non-hydrogen) atoms. The first kappa shape index (κ1) is 13.3. The van der Waals surface area contributed by atoms with Gasteiger partial charge in [0.05, 0.1) is 17.3 Å². The van der Waals surface area contributed by atoms with Crippen molar-refractivity contribution in [1.82, 2.24) is 0 Å². The molecule has 4 heteroatoms. The summed E-state index contributed by atoms with van der Waals surface area (Å²) in [6, 6.07) is 7.66. The lowest BCUT2D eigenvalue weighted by atomic mass is 10.0. The van der Waals surface area contributed by atoms with E-state index in [2.05, 4.69) is 28.7 Å². The Kier molecular flexibility index (Phi) is 5.10. The van der Waals surface area contributed by atoms with Crippen LogP contribution in [0.3, 0.4) is 0 Å². The fourth-order valence-corrected chi connectivity index (χ4v) is 2.17. The van der Waals surface area contributed by atoms with Crippen LogP contribution in [-0.4, -0.2) is 0 Å². The first-order valence-corrected chi connectivity index (χ1v) is 6.40. The minimum atomic E-state index is 0.538. The third-order valence-electron chi connectivity index (χ3n) is 2.18. The molecule has 0 aliphatic carbocycles. The van der Waals surface area contributed by atoms with E-state index in [1.54, 1.807) is 6.07 Å². The number of nitriles is 1. The number of halogens is 2. The zero-order chi connectivity index (χ0) is 12.1. The molecule has 1 aromatic rings. The molecular formula is C12H12ClIN2. The Labute approximate surface area is 114 Å². The molecule has 0 fully saturated rings. The zero-order valence-electron chi connectivity index (χ0n) is 8.93. The lowest BCUT2D eigenvalue weighted by Crippen LogP contribution is -2.03. The van der Waals surface area contributed by atoms with Gasteiger partial charge >= 0.3 is 0 Å². The van der Waals surface area contributed by atoms with E-state index in [0.717, 1.165) is 15.6 Å². The average molecular weight is 347 g/mol. The second kappa shape index (κ2) is 6.12. The highest BCUT2D eigenvalue weighted by Crippen LogP contribution is 2.25. The number of nitrogens with zero attached hydrogens (tertiary/aromatic N) is 1. The van der Waals surface area contributed by atoms with Crippen molar-refractivity contribution in [3.05, 3.63) is 37.9 Å². The average Bonchev–Trinajstić information content (AvgIpc) is 2.28. The molecule has 1 aromatic carbocycles. The normalized spacial score (nSPS) is 11.9. The van der Waals surface area contributed by atoms with Gasteiger partial charge in [0, 0.05) is 14.2 Å². The molecule has 0 atom stereocenters. The summed E-state index contributed by atoms with van der Waals surface area (Å²) < 4.78 is 1.00. The van der Waals surface area contributed by atoms with Crippen molar-refractivity contribution >= 4 is 39.9 Å². The maximum absolute atomic E-state index is 9.03. The smallest absolute Gasteiger partial charge is 0.0968 e. The highest BCUT2D eigenvalue weighted by Gasteiger charge is 2.09. The van der Waals surface area contributed by atoms with Crippen molar-refractivity contribution in [3.63, 3.8) is 0 Å². The summed E-state index contributed by atoms with van der Waals surface area (Å²) >= 11 is 8.11. The molecule has 0 spiro atoms. The second-order valence-electron chi connectivity index (χ2n) is 3.38. The molecule has 0 aliphatic rings. The van der Waals surface area contributed by atoms with Crippen LogP contribution in [0, 0.1) is 14.9 Å². The quantitative estimate of drug-likeness (QED) is 0.666. The van der Waals surface area contributed by atoms with E-state index in [1.807, 2.05) is 19.1 Å². The third-order valence-corrected chi connectivity index (χ3v) is 3.35. The van der Waals surface area contributed by atoms with Crippen molar-refractivity contribution in [2.45, 2.75) is 19.8 Å². The Morgan fingerprint density at radius 3 is 2.81 bits per heavy atom. The minimum Gasteiger partial charge on any atom is -0.397 e. The van der Waals surface area contributed by atoms with Gasteiger partial charge in [-0.3, -0.25) is 0 Å². The summed E-state index contributed by atoms with van der Waals surface area (Å²) in [7, 11) is 0. The van der Waals surface area contributed by atoms with E-state index in [4.69, 9.17) is 22.6 Å². The van der Waals surface area contributed by atoms with E-state index in [-0.39, 0.29) is 0 Å². The summed E-state index contributed by atoms with van der Waals surface area (Å²) in [5.74, 6) is 0. The van der Waals surface area contributed by atoms with Gasteiger partial charge in [-0.25, -0.2) is 0 Å². The van der Waals surface area contributed by atoms with Crippen LogP contribution < -0.4 is 5.73 Å². The Balaban J connectivity index is 3.27. The van der Waals surface area contributed by atoms with Crippen molar-refractivity contribution in [1.29, 1.82) is 5.26 Å². The first-order chi connectivity index (χ1) is 7.60. The standard InChI is InChI=1S/C12H12ClIN2/c1-2-3-8(7-15)12(16)10-6-9(13)4-5-11(10)14/h4-6H,2-3,16H2,1H3/b12-8-. The Morgan fingerprint density at radius 1 is 1.56 bits per heavy atom. The highest BCUT2D eigenvalue weighted by atomic mass is 127. The van der Waals surface area contributed by atoms with E-state index in [1.165, 1.54) is 0 Å². The van der Waals surface area contributed by atoms with Gasteiger partial charge in [-0.15, -0.1) is 0 Å². The molecule has 0 saturated carbocycles. The Morgan fingerprint density at radius 2 is 2.25 bits per heavy atom. The van der Waals surface area contributed by atoms with Gasteiger partial charge in [-0.05, 0) is 47.2 Å². The van der Waals surface area contributed by atoms with E-state index >= 15 is 0 Å². The van der Waals surface area contributed by atoms with Crippen LogP contribution in [0.25, 0.3) is 5.70 Å². The number of hydrogen-bond acceptors (Lipinski definition) is 2. The van der Waals surface area contributed by atoms with Gasteiger partial charge in [-0.1, -0.05) is 24.9 Å². The van der Waals surface area contributed by atoms with Crippen LogP contribution in [0.15, 0.2) is 23.8 Å². The fraction of sp³-hybridized carbons (Fsp3) is 0.250. The van der Waals surface area contributed by atoms with E-state index in [0.29, 0.717) is 22.7 Å². The number of hydrogen-bond donors (Lipinski definition) is 1.